The fourth-order valence-corrected chi connectivity index (χ4v) is 2.33. The molecule has 0 unspecified atom stereocenters. The third-order valence-corrected chi connectivity index (χ3v) is 3.56. The summed E-state index contributed by atoms with van der Waals surface area (Å²) in [7, 11) is 0. The Balaban J connectivity index is 3.05. The van der Waals surface area contributed by atoms with Gasteiger partial charge in [-0.25, -0.2) is 0 Å². The third-order valence-electron chi connectivity index (χ3n) is 2.28. The number of Topliss-reactive ketones (excluding diaryl/α,β-unsaturated/α-hetero) is 1. The van der Waals surface area contributed by atoms with Crippen LogP contribution in [-0.4, -0.2) is 16.0 Å². The van der Waals surface area contributed by atoms with Crippen LogP contribution in [0.3, 0.4) is 0 Å². The maximum atomic E-state index is 11.4. The maximum absolute atomic E-state index is 11.4. The zero-order valence-electron chi connectivity index (χ0n) is 10.4. The van der Waals surface area contributed by atoms with Crippen LogP contribution in [0.5, 0.6) is 5.75 Å². The summed E-state index contributed by atoms with van der Waals surface area (Å²) in [6.07, 6.45) is 2.25. The van der Waals surface area contributed by atoms with E-state index in [1.54, 1.807) is 24.3 Å². The van der Waals surface area contributed by atoms with E-state index in [1.807, 2.05) is 0 Å². The van der Waals surface area contributed by atoms with E-state index in [4.69, 9.17) is 0 Å². The molecule has 18 heavy (non-hydrogen) atoms. The average molecular weight is 264 g/mol. The molecule has 0 aliphatic carbocycles. The highest BCUT2D eigenvalue weighted by atomic mass is 32.2. The Kier molecular flexibility index (Phi) is 5.04. The minimum Gasteiger partial charge on any atom is -0.511 e. The lowest BCUT2D eigenvalue weighted by Crippen LogP contribution is -1.96. The summed E-state index contributed by atoms with van der Waals surface area (Å²) in [6, 6.07) is 5.07. The fourth-order valence-electron chi connectivity index (χ4n) is 1.46. The second kappa shape index (κ2) is 6.31. The molecular formula is C14H16O3S. The number of carbonyl (C=O) groups excluding carboxylic acids is 1. The van der Waals surface area contributed by atoms with Crippen LogP contribution >= 0.6 is 11.8 Å². The van der Waals surface area contributed by atoms with Crippen molar-refractivity contribution in [3.05, 3.63) is 47.1 Å². The maximum Gasteiger partial charge on any atom is 0.169 e. The molecule has 0 fully saturated rings. The van der Waals surface area contributed by atoms with Crippen molar-refractivity contribution in [2.24, 2.45) is 0 Å². The van der Waals surface area contributed by atoms with Gasteiger partial charge in [0.1, 0.15) is 11.5 Å². The van der Waals surface area contributed by atoms with Crippen molar-refractivity contribution in [1.29, 1.82) is 0 Å². The summed E-state index contributed by atoms with van der Waals surface area (Å²) in [5.41, 5.74) is 0.744. The largest absolute Gasteiger partial charge is 0.511 e. The van der Waals surface area contributed by atoms with Gasteiger partial charge in [-0.05, 0) is 44.0 Å². The van der Waals surface area contributed by atoms with Crippen LogP contribution in [0.2, 0.25) is 0 Å². The van der Waals surface area contributed by atoms with Gasteiger partial charge in [-0.15, -0.1) is 6.58 Å². The molecule has 1 aromatic carbocycles. The minimum atomic E-state index is -0.182. The molecule has 0 atom stereocenters. The van der Waals surface area contributed by atoms with Gasteiger partial charge >= 0.3 is 0 Å². The Morgan fingerprint density at radius 1 is 1.44 bits per heavy atom. The molecule has 0 aliphatic heterocycles. The molecule has 1 rings (SSSR count). The number of allylic oxidation sites excluding steroid dienone is 3. The van der Waals surface area contributed by atoms with E-state index >= 15 is 0 Å². The van der Waals surface area contributed by atoms with Crippen LogP contribution < -0.4 is 0 Å². The van der Waals surface area contributed by atoms with E-state index in [2.05, 4.69) is 6.58 Å². The molecule has 96 valence electrons. The molecule has 0 spiro atoms. The number of carbonyl (C=O) groups is 1. The molecule has 0 saturated carbocycles. The van der Waals surface area contributed by atoms with Gasteiger partial charge in [0.15, 0.2) is 5.78 Å². The Hall–Kier alpha value is -1.68. The first kappa shape index (κ1) is 14.4. The lowest BCUT2D eigenvalue weighted by atomic mass is 10.1. The van der Waals surface area contributed by atoms with Gasteiger partial charge in [0.25, 0.3) is 0 Å². The predicted octanol–water partition coefficient (Wildman–Crippen LogP) is 3.59. The molecule has 0 aliphatic rings. The standard InChI is InChI=1S/C14H16O3S/c1-4-5-11-8-12(6-7-13(11)17)18-14(9(2)15)10(3)16/h4,6-8,15,17H,1,5H2,2-3H3/b14-9+. The number of hydrogen-bond acceptors (Lipinski definition) is 4. The summed E-state index contributed by atoms with van der Waals surface area (Å²) in [5.74, 6) is 0.0255. The minimum absolute atomic E-state index is 0.00541. The van der Waals surface area contributed by atoms with E-state index < -0.39 is 0 Å². The highest BCUT2D eigenvalue weighted by Gasteiger charge is 2.11. The molecule has 0 aromatic heterocycles. The zero-order chi connectivity index (χ0) is 13.7. The number of ketones is 1. The first-order valence-corrected chi connectivity index (χ1v) is 6.28. The second-order valence-electron chi connectivity index (χ2n) is 3.86. The summed E-state index contributed by atoms with van der Waals surface area (Å²) < 4.78 is 0. The first-order valence-electron chi connectivity index (χ1n) is 5.47. The van der Waals surface area contributed by atoms with E-state index in [-0.39, 0.29) is 17.3 Å². The monoisotopic (exact) mass is 264 g/mol. The van der Waals surface area contributed by atoms with Crippen molar-refractivity contribution in [1.82, 2.24) is 0 Å². The highest BCUT2D eigenvalue weighted by molar-refractivity contribution is 8.04. The normalized spacial score (nSPS) is 11.9. The smallest absolute Gasteiger partial charge is 0.169 e. The molecule has 0 saturated heterocycles. The SMILES string of the molecule is C=CCc1cc(S/C(C(C)=O)=C(\C)O)ccc1O. The number of thioether (sulfide) groups is 1. The van der Waals surface area contributed by atoms with Gasteiger partial charge in [0.05, 0.1) is 4.91 Å². The number of benzene rings is 1. The molecule has 0 bridgehead atoms. The Morgan fingerprint density at radius 3 is 2.61 bits per heavy atom. The lowest BCUT2D eigenvalue weighted by molar-refractivity contribution is -0.113. The quantitative estimate of drug-likeness (QED) is 0.369. The Morgan fingerprint density at radius 2 is 2.11 bits per heavy atom. The second-order valence-corrected chi connectivity index (χ2v) is 4.94. The van der Waals surface area contributed by atoms with E-state index in [9.17, 15) is 15.0 Å². The molecular weight excluding hydrogens is 248 g/mol. The van der Waals surface area contributed by atoms with Crippen molar-refractivity contribution in [2.45, 2.75) is 25.2 Å². The van der Waals surface area contributed by atoms with Crippen LogP contribution in [-0.2, 0) is 11.2 Å². The topological polar surface area (TPSA) is 57.5 Å². The van der Waals surface area contributed by atoms with Crippen LogP contribution in [0.1, 0.15) is 19.4 Å². The third kappa shape index (κ3) is 3.67. The number of phenols is 1. The van der Waals surface area contributed by atoms with E-state index in [1.165, 1.54) is 25.6 Å². The van der Waals surface area contributed by atoms with Crippen LogP contribution in [0.15, 0.2) is 46.4 Å². The molecule has 2 N–H and O–H groups in total. The highest BCUT2D eigenvalue weighted by Crippen LogP contribution is 2.32. The summed E-state index contributed by atoms with van der Waals surface area (Å²) in [4.78, 5) is 12.5. The van der Waals surface area contributed by atoms with E-state index in [0.29, 0.717) is 11.3 Å². The first-order chi connectivity index (χ1) is 8.45. The average Bonchev–Trinajstić information content (AvgIpc) is 2.29. The van der Waals surface area contributed by atoms with Crippen molar-refractivity contribution < 1.29 is 15.0 Å². The number of aliphatic hydroxyl groups is 1. The summed E-state index contributed by atoms with van der Waals surface area (Å²) in [6.45, 7) is 6.51. The number of aromatic hydroxyl groups is 1. The number of hydrogen-bond donors (Lipinski definition) is 2. The summed E-state index contributed by atoms with van der Waals surface area (Å²) in [5, 5.41) is 19.1. The van der Waals surface area contributed by atoms with Gasteiger partial charge in [0, 0.05) is 4.90 Å². The molecule has 0 amide bonds. The number of aliphatic hydroxyl groups excluding tert-OH is 1. The Bertz CT molecular complexity index is 500. The molecule has 0 heterocycles. The van der Waals surface area contributed by atoms with Gasteiger partial charge in [0.2, 0.25) is 0 Å². The predicted molar refractivity (Wildman–Crippen MR) is 73.9 cm³/mol. The van der Waals surface area contributed by atoms with Crippen LogP contribution in [0, 0.1) is 0 Å². The molecule has 0 radical (unpaired) electrons. The summed E-state index contributed by atoms with van der Waals surface area (Å²) >= 11 is 1.19. The molecule has 1 aromatic rings. The van der Waals surface area contributed by atoms with Crippen molar-refractivity contribution in [3.8, 4) is 5.75 Å². The van der Waals surface area contributed by atoms with Gasteiger partial charge in [-0.1, -0.05) is 17.8 Å². The molecule has 4 heteroatoms. The number of rotatable bonds is 5. The fraction of sp³-hybridized carbons (Fsp3) is 0.214. The Labute approximate surface area is 111 Å². The van der Waals surface area contributed by atoms with Crippen LogP contribution in [0.4, 0.5) is 0 Å². The molecule has 3 nitrogen and oxygen atoms in total. The van der Waals surface area contributed by atoms with Crippen LogP contribution in [0.25, 0.3) is 0 Å². The number of phenolic OH excluding ortho intramolecular Hbond substituents is 1. The van der Waals surface area contributed by atoms with Crippen molar-refractivity contribution in [2.75, 3.05) is 0 Å². The van der Waals surface area contributed by atoms with E-state index in [0.717, 1.165) is 10.5 Å². The van der Waals surface area contributed by atoms with Crippen molar-refractivity contribution in [3.63, 3.8) is 0 Å². The van der Waals surface area contributed by atoms with Crippen molar-refractivity contribution >= 4 is 17.5 Å². The lowest BCUT2D eigenvalue weighted by Gasteiger charge is -2.08. The van der Waals surface area contributed by atoms with Gasteiger partial charge in [-0.2, -0.15) is 0 Å². The van der Waals surface area contributed by atoms with Gasteiger partial charge < -0.3 is 10.2 Å². The zero-order valence-corrected chi connectivity index (χ0v) is 11.3. The van der Waals surface area contributed by atoms with Gasteiger partial charge in [-0.3, -0.25) is 4.79 Å².